The normalized spacial score (nSPS) is 11.5. The molecule has 0 bridgehead atoms. The van der Waals surface area contributed by atoms with Crippen LogP contribution in [0.4, 0.5) is 0 Å². The molecule has 0 saturated heterocycles. The molecule has 0 radical (unpaired) electrons. The Bertz CT molecular complexity index is 1320. The molecule has 0 aliphatic heterocycles. The molecule has 4 rings (SSSR count). The van der Waals surface area contributed by atoms with Gasteiger partial charge in [-0.3, -0.25) is 0 Å². The molecule has 0 aliphatic carbocycles. The van der Waals surface area contributed by atoms with Crippen molar-refractivity contribution >= 4 is 20.8 Å². The Balaban J connectivity index is 1.84. The van der Waals surface area contributed by atoms with Crippen LogP contribution in [-0.4, -0.2) is 13.5 Å². The molecule has 0 amide bonds. The number of aromatic hydroxyl groups is 1. The topological polar surface area (TPSA) is 89.6 Å². The summed E-state index contributed by atoms with van der Waals surface area (Å²) >= 11 is 0. The van der Waals surface area contributed by atoms with E-state index in [0.717, 1.165) is 27.5 Å². The fraction of sp³-hybridized carbons (Fsp3) is 0.0833. The van der Waals surface area contributed by atoms with Crippen molar-refractivity contribution in [3.05, 3.63) is 90.0 Å². The number of primary sulfonamides is 1. The highest BCUT2D eigenvalue weighted by Crippen LogP contribution is 2.42. The van der Waals surface area contributed by atoms with E-state index in [-0.39, 0.29) is 11.5 Å². The SMILES string of the molecule is Cc1cc2cc(O)ccc2c(Oc2ccc(CS(N)(=O)=O)cc2)c1-c1ccccc1. The fourth-order valence-electron chi connectivity index (χ4n) is 3.57. The summed E-state index contributed by atoms with van der Waals surface area (Å²) in [7, 11) is -3.59. The van der Waals surface area contributed by atoms with Crippen LogP contribution >= 0.6 is 0 Å². The monoisotopic (exact) mass is 419 g/mol. The average molecular weight is 420 g/mol. The Kier molecular flexibility index (Phi) is 5.20. The molecule has 0 aliphatic rings. The summed E-state index contributed by atoms with van der Waals surface area (Å²) in [6.45, 7) is 2.01. The molecule has 0 aromatic heterocycles. The van der Waals surface area contributed by atoms with Gasteiger partial charge in [-0.25, -0.2) is 13.6 Å². The number of hydrogen-bond acceptors (Lipinski definition) is 4. The van der Waals surface area contributed by atoms with E-state index in [1.165, 1.54) is 0 Å². The van der Waals surface area contributed by atoms with Gasteiger partial charge in [-0.1, -0.05) is 48.5 Å². The van der Waals surface area contributed by atoms with Crippen LogP contribution in [0.15, 0.2) is 78.9 Å². The largest absolute Gasteiger partial charge is 0.508 e. The Hall–Kier alpha value is -3.35. The number of ether oxygens (including phenoxy) is 1. The van der Waals surface area contributed by atoms with E-state index < -0.39 is 10.0 Å². The molecule has 30 heavy (non-hydrogen) atoms. The van der Waals surface area contributed by atoms with Crippen molar-refractivity contribution in [2.24, 2.45) is 5.14 Å². The lowest BCUT2D eigenvalue weighted by molar-refractivity contribution is 0.475. The third kappa shape index (κ3) is 4.30. The highest BCUT2D eigenvalue weighted by molar-refractivity contribution is 7.88. The second-order valence-electron chi connectivity index (χ2n) is 7.22. The summed E-state index contributed by atoms with van der Waals surface area (Å²) < 4.78 is 29.0. The Morgan fingerprint density at radius 3 is 2.30 bits per heavy atom. The first-order valence-electron chi connectivity index (χ1n) is 9.39. The summed E-state index contributed by atoms with van der Waals surface area (Å²) in [6, 6.07) is 24.0. The summed E-state index contributed by atoms with van der Waals surface area (Å²) in [5.74, 6) is 1.21. The van der Waals surface area contributed by atoms with Crippen LogP contribution in [0.2, 0.25) is 0 Å². The molecule has 0 unspecified atom stereocenters. The highest BCUT2D eigenvalue weighted by Gasteiger charge is 2.16. The molecular weight excluding hydrogens is 398 g/mol. The van der Waals surface area contributed by atoms with E-state index in [9.17, 15) is 13.5 Å². The number of rotatable bonds is 5. The molecule has 6 heteroatoms. The number of benzene rings is 4. The molecule has 0 spiro atoms. The fourth-order valence-corrected chi connectivity index (χ4v) is 4.23. The number of phenolic OH excluding ortho intramolecular Hbond substituents is 1. The third-order valence-corrected chi connectivity index (χ3v) is 5.58. The maximum Gasteiger partial charge on any atom is 0.213 e. The van der Waals surface area contributed by atoms with Crippen molar-refractivity contribution in [1.29, 1.82) is 0 Å². The quantitative estimate of drug-likeness (QED) is 0.471. The Morgan fingerprint density at radius 2 is 1.63 bits per heavy atom. The van der Waals surface area contributed by atoms with E-state index in [4.69, 9.17) is 9.88 Å². The van der Waals surface area contributed by atoms with Gasteiger partial charge in [0.05, 0.1) is 5.75 Å². The van der Waals surface area contributed by atoms with Gasteiger partial charge in [0.15, 0.2) is 0 Å². The van der Waals surface area contributed by atoms with Crippen LogP contribution in [0, 0.1) is 6.92 Å². The zero-order valence-corrected chi connectivity index (χ0v) is 17.2. The second kappa shape index (κ2) is 7.82. The van der Waals surface area contributed by atoms with Gasteiger partial charge in [0.1, 0.15) is 17.2 Å². The zero-order valence-electron chi connectivity index (χ0n) is 16.4. The van der Waals surface area contributed by atoms with Crippen LogP contribution in [0.1, 0.15) is 11.1 Å². The minimum absolute atomic E-state index is 0.188. The van der Waals surface area contributed by atoms with Crippen LogP contribution < -0.4 is 9.88 Å². The van der Waals surface area contributed by atoms with Gasteiger partial charge in [0.25, 0.3) is 0 Å². The van der Waals surface area contributed by atoms with Crippen molar-refractivity contribution in [2.45, 2.75) is 12.7 Å². The summed E-state index contributed by atoms with van der Waals surface area (Å²) in [4.78, 5) is 0. The van der Waals surface area contributed by atoms with Gasteiger partial charge in [-0.15, -0.1) is 0 Å². The zero-order chi connectivity index (χ0) is 21.3. The molecule has 4 aromatic rings. The van der Waals surface area contributed by atoms with Crippen molar-refractivity contribution in [1.82, 2.24) is 0 Å². The van der Waals surface area contributed by atoms with Gasteiger partial charge in [-0.05, 0) is 59.3 Å². The van der Waals surface area contributed by atoms with E-state index in [2.05, 4.69) is 0 Å². The molecule has 4 aromatic carbocycles. The van der Waals surface area contributed by atoms with Gasteiger partial charge in [0, 0.05) is 10.9 Å². The van der Waals surface area contributed by atoms with Gasteiger partial charge in [0.2, 0.25) is 10.0 Å². The molecule has 3 N–H and O–H groups in total. The van der Waals surface area contributed by atoms with Crippen molar-refractivity contribution in [3.63, 3.8) is 0 Å². The molecular formula is C24H21NO4S. The first-order valence-corrected chi connectivity index (χ1v) is 11.1. The number of fused-ring (bicyclic) bond motifs is 1. The lowest BCUT2D eigenvalue weighted by atomic mass is 9.94. The summed E-state index contributed by atoms with van der Waals surface area (Å²) in [5.41, 5.74) is 3.58. The number of sulfonamides is 1. The predicted octanol–water partition coefficient (Wildman–Crippen LogP) is 5.10. The van der Waals surface area contributed by atoms with Crippen molar-refractivity contribution in [3.8, 4) is 28.4 Å². The Labute approximate surface area is 175 Å². The highest BCUT2D eigenvalue weighted by atomic mass is 32.2. The molecule has 0 fully saturated rings. The molecule has 152 valence electrons. The van der Waals surface area contributed by atoms with E-state index in [0.29, 0.717) is 17.1 Å². The average Bonchev–Trinajstić information content (AvgIpc) is 2.68. The van der Waals surface area contributed by atoms with Crippen molar-refractivity contribution in [2.75, 3.05) is 0 Å². The number of phenols is 1. The lowest BCUT2D eigenvalue weighted by Gasteiger charge is -2.17. The first-order chi connectivity index (χ1) is 14.3. The van der Waals surface area contributed by atoms with Gasteiger partial charge < -0.3 is 9.84 Å². The first kappa shape index (κ1) is 19.9. The number of nitrogens with two attached hydrogens (primary N) is 1. The minimum atomic E-state index is -3.59. The standard InChI is InChI=1S/C24H21NO4S/c1-16-13-19-14-20(26)9-12-22(19)24(23(16)18-5-3-2-4-6-18)29-21-10-7-17(8-11-21)15-30(25,27)28/h2-14,26H,15H2,1H3,(H2,25,27,28). The third-order valence-electron chi connectivity index (χ3n) is 4.85. The van der Waals surface area contributed by atoms with Crippen LogP contribution in [0.5, 0.6) is 17.2 Å². The predicted molar refractivity (Wildman–Crippen MR) is 119 cm³/mol. The molecule has 0 saturated carbocycles. The summed E-state index contributed by atoms with van der Waals surface area (Å²) in [5, 5.41) is 16.8. The maximum atomic E-state index is 11.3. The van der Waals surface area contributed by atoms with E-state index in [1.807, 2.05) is 49.4 Å². The van der Waals surface area contributed by atoms with Crippen LogP contribution in [0.25, 0.3) is 21.9 Å². The second-order valence-corrected chi connectivity index (χ2v) is 8.84. The number of aryl methyl sites for hydroxylation is 1. The smallest absolute Gasteiger partial charge is 0.213 e. The summed E-state index contributed by atoms with van der Waals surface area (Å²) in [6.07, 6.45) is 0. The van der Waals surface area contributed by atoms with E-state index in [1.54, 1.807) is 36.4 Å². The van der Waals surface area contributed by atoms with Crippen molar-refractivity contribution < 1.29 is 18.3 Å². The van der Waals surface area contributed by atoms with Crippen LogP contribution in [0.3, 0.4) is 0 Å². The lowest BCUT2D eigenvalue weighted by Crippen LogP contribution is -2.14. The van der Waals surface area contributed by atoms with Gasteiger partial charge in [-0.2, -0.15) is 0 Å². The van der Waals surface area contributed by atoms with Crippen LogP contribution in [-0.2, 0) is 15.8 Å². The molecule has 0 atom stereocenters. The minimum Gasteiger partial charge on any atom is -0.508 e. The van der Waals surface area contributed by atoms with Gasteiger partial charge >= 0.3 is 0 Å². The maximum absolute atomic E-state index is 11.3. The molecule has 5 nitrogen and oxygen atoms in total. The number of hydrogen-bond donors (Lipinski definition) is 2. The van der Waals surface area contributed by atoms with E-state index >= 15 is 0 Å². The Morgan fingerprint density at radius 1 is 0.933 bits per heavy atom. The molecule has 0 heterocycles.